The van der Waals surface area contributed by atoms with Gasteiger partial charge >= 0.3 is 10.2 Å². The van der Waals surface area contributed by atoms with E-state index >= 15 is 0 Å². The average Bonchev–Trinajstić information content (AvgIpc) is 3.24. The Morgan fingerprint density at radius 2 is 1.96 bits per heavy atom. The molecule has 2 heterocycles. The van der Waals surface area contributed by atoms with Crippen LogP contribution in [0.1, 0.15) is 24.4 Å². The van der Waals surface area contributed by atoms with Crippen LogP contribution < -0.4 is 14.8 Å². The number of thioether (sulfide) groups is 1. The first-order valence-corrected chi connectivity index (χ1v) is 12.4. The first kappa shape index (κ1) is 18.5. The zero-order valence-electron chi connectivity index (χ0n) is 15.7. The molecule has 3 atom stereocenters. The molecule has 4 aliphatic carbocycles. The third-order valence-corrected chi connectivity index (χ3v) is 8.24. The van der Waals surface area contributed by atoms with Gasteiger partial charge in [0.25, 0.3) is 0 Å². The van der Waals surface area contributed by atoms with Crippen LogP contribution in [0.4, 0.5) is 0 Å². The van der Waals surface area contributed by atoms with E-state index in [1.807, 2.05) is 6.07 Å². The molecule has 0 spiro atoms. The monoisotopic (exact) mass is 423 g/mol. The number of rotatable bonds is 8. The second-order valence-corrected chi connectivity index (χ2v) is 10.5. The summed E-state index contributed by atoms with van der Waals surface area (Å²) in [6.45, 7) is 1.33. The molecule has 0 radical (unpaired) electrons. The highest BCUT2D eigenvalue weighted by Crippen LogP contribution is 2.70. The lowest BCUT2D eigenvalue weighted by Gasteiger charge is -2.15. The molecule has 3 N–H and O–H groups in total. The summed E-state index contributed by atoms with van der Waals surface area (Å²) >= 11 is 1.71. The number of hydrogen-bond donors (Lipinski definition) is 3. The zero-order valence-corrected chi connectivity index (χ0v) is 17.4. The summed E-state index contributed by atoms with van der Waals surface area (Å²) in [4.78, 5) is 8.15. The van der Waals surface area contributed by atoms with Crippen LogP contribution in [0.5, 0.6) is 0 Å². The molecule has 6 rings (SSSR count). The van der Waals surface area contributed by atoms with E-state index in [0.29, 0.717) is 6.54 Å². The molecule has 3 unspecified atom stereocenters. The molecular formula is C18H25N5O3S2. The first-order valence-electron chi connectivity index (χ1n) is 9.75. The Balaban J connectivity index is 1.04. The maximum Gasteiger partial charge on any atom is 0.324 e. The van der Waals surface area contributed by atoms with Gasteiger partial charge in [0.2, 0.25) is 0 Å². The molecular weight excluding hydrogens is 398 g/mol. The molecule has 1 aromatic rings. The molecule has 1 aliphatic heterocycles. The smallest absolute Gasteiger partial charge is 0.324 e. The van der Waals surface area contributed by atoms with E-state index in [1.54, 1.807) is 11.8 Å². The quantitative estimate of drug-likeness (QED) is 0.543. The van der Waals surface area contributed by atoms with E-state index in [-0.39, 0.29) is 11.7 Å². The van der Waals surface area contributed by atoms with Crippen LogP contribution in [-0.2, 0) is 22.5 Å². The highest BCUT2D eigenvalue weighted by Gasteiger charge is 2.68. The lowest BCUT2D eigenvalue weighted by Crippen LogP contribution is -2.31. The molecule has 152 valence electrons. The van der Waals surface area contributed by atoms with Crippen LogP contribution in [-0.4, -0.2) is 45.5 Å². The van der Waals surface area contributed by atoms with Crippen LogP contribution >= 0.6 is 11.8 Å². The molecule has 5 aliphatic rings. The van der Waals surface area contributed by atoms with Crippen LogP contribution in [0.15, 0.2) is 26.5 Å². The van der Waals surface area contributed by atoms with E-state index in [2.05, 4.69) is 30.8 Å². The number of hydrogen-bond acceptors (Lipinski definition) is 7. The molecule has 0 amide bonds. The molecule has 4 bridgehead atoms. The molecule has 1 saturated heterocycles. The predicted octanol–water partition coefficient (Wildman–Crippen LogP) is 1.12. The fourth-order valence-corrected chi connectivity index (χ4v) is 6.85. The maximum absolute atomic E-state index is 11.5. The van der Waals surface area contributed by atoms with Crippen molar-refractivity contribution in [3.05, 3.63) is 23.7 Å². The normalized spacial score (nSPS) is 36.8. The Morgan fingerprint density at radius 1 is 1.21 bits per heavy atom. The van der Waals surface area contributed by atoms with Crippen LogP contribution in [0.3, 0.4) is 0 Å². The van der Waals surface area contributed by atoms with Crippen LogP contribution in [0, 0.1) is 23.7 Å². The van der Waals surface area contributed by atoms with Gasteiger partial charge in [-0.25, -0.2) is 9.44 Å². The standard InChI is InChI=1S/C18H25N5O3S2/c1-19-17-18(23-28(24,25)22-17)20-4-5-27-9-12-3-2-11(26-12)8-21-16-10-6-13-14(7-10)15(13)16/h2-3,10,13-16,21H,4-9H2,1H3,(H,19,22)(H,20,23). The van der Waals surface area contributed by atoms with Gasteiger partial charge in [0.15, 0.2) is 11.7 Å². The highest BCUT2D eigenvalue weighted by molar-refractivity contribution is 7.98. The van der Waals surface area contributed by atoms with Crippen molar-refractivity contribution in [3.63, 3.8) is 0 Å². The van der Waals surface area contributed by atoms with Crippen LogP contribution in [0.25, 0.3) is 0 Å². The number of furan rings is 1. The van der Waals surface area contributed by atoms with E-state index in [4.69, 9.17) is 4.42 Å². The van der Waals surface area contributed by atoms with Crippen LogP contribution in [0.2, 0.25) is 0 Å². The minimum Gasteiger partial charge on any atom is -0.464 e. The summed E-state index contributed by atoms with van der Waals surface area (Å²) in [6, 6.07) is 4.83. The minimum absolute atomic E-state index is 0.255. The van der Waals surface area contributed by atoms with Gasteiger partial charge in [-0.15, -0.1) is 0 Å². The van der Waals surface area contributed by atoms with Gasteiger partial charge < -0.3 is 9.73 Å². The molecule has 10 heteroatoms. The van der Waals surface area contributed by atoms with Crippen molar-refractivity contribution >= 4 is 33.6 Å². The van der Waals surface area contributed by atoms with E-state index < -0.39 is 10.2 Å². The Kier molecular flexibility index (Phi) is 4.67. The van der Waals surface area contributed by atoms with Gasteiger partial charge in [0.1, 0.15) is 11.5 Å². The minimum atomic E-state index is -3.54. The van der Waals surface area contributed by atoms with Gasteiger partial charge in [-0.2, -0.15) is 20.2 Å². The number of aliphatic imine (C=N–C) groups is 2. The average molecular weight is 424 g/mol. The number of nitrogens with one attached hydrogen (secondary N) is 3. The molecule has 5 fully saturated rings. The molecule has 4 saturated carbocycles. The van der Waals surface area contributed by atoms with Gasteiger partial charge in [0.05, 0.1) is 18.8 Å². The van der Waals surface area contributed by atoms with Crippen molar-refractivity contribution in [1.82, 2.24) is 14.8 Å². The zero-order chi connectivity index (χ0) is 19.3. The third-order valence-electron chi connectivity index (χ3n) is 6.36. The number of amidine groups is 2. The largest absolute Gasteiger partial charge is 0.464 e. The van der Waals surface area contributed by atoms with Crippen molar-refractivity contribution in [3.8, 4) is 0 Å². The van der Waals surface area contributed by atoms with Crippen molar-refractivity contribution in [2.45, 2.75) is 31.2 Å². The van der Waals surface area contributed by atoms with E-state index in [0.717, 1.165) is 59.3 Å². The summed E-state index contributed by atoms with van der Waals surface area (Å²) in [5.74, 6) is 7.98. The summed E-state index contributed by atoms with van der Waals surface area (Å²) in [7, 11) is -2.02. The fraction of sp³-hybridized carbons (Fsp3) is 0.667. The number of nitrogens with zero attached hydrogens (tertiary/aromatic N) is 2. The Bertz CT molecular complexity index is 911. The lowest BCUT2D eigenvalue weighted by molar-refractivity contribution is 0.386. The summed E-state index contributed by atoms with van der Waals surface area (Å²) < 4.78 is 33.5. The molecule has 28 heavy (non-hydrogen) atoms. The predicted molar refractivity (Wildman–Crippen MR) is 110 cm³/mol. The van der Waals surface area contributed by atoms with E-state index in [1.165, 1.54) is 19.9 Å². The molecule has 1 aromatic heterocycles. The fourth-order valence-electron chi connectivity index (χ4n) is 5.22. The molecule has 0 aromatic carbocycles. The van der Waals surface area contributed by atoms with Gasteiger partial charge in [-0.3, -0.25) is 9.98 Å². The SMILES string of the molecule is CN=C1NS(=O)(=O)NC1=NCCSCc1ccc(CNC2C3CC4C(C3)C42)o1. The van der Waals surface area contributed by atoms with E-state index in [9.17, 15) is 8.42 Å². The highest BCUT2D eigenvalue weighted by atomic mass is 32.2. The topological polar surface area (TPSA) is 108 Å². The van der Waals surface area contributed by atoms with Gasteiger partial charge in [-0.1, -0.05) is 0 Å². The lowest BCUT2D eigenvalue weighted by atomic mass is 10.1. The first-order chi connectivity index (χ1) is 13.5. The second-order valence-electron chi connectivity index (χ2n) is 7.97. The Morgan fingerprint density at radius 3 is 2.68 bits per heavy atom. The summed E-state index contributed by atoms with van der Waals surface area (Å²) in [5, 5.41) is 3.73. The van der Waals surface area contributed by atoms with Crippen molar-refractivity contribution in [2.75, 3.05) is 19.3 Å². The van der Waals surface area contributed by atoms with Crippen molar-refractivity contribution < 1.29 is 12.8 Å². The van der Waals surface area contributed by atoms with Gasteiger partial charge in [0, 0.05) is 18.8 Å². The summed E-state index contributed by atoms with van der Waals surface area (Å²) in [6.07, 6.45) is 2.89. The summed E-state index contributed by atoms with van der Waals surface area (Å²) in [5.41, 5.74) is 0. The van der Waals surface area contributed by atoms with Gasteiger partial charge in [-0.05, 0) is 48.6 Å². The van der Waals surface area contributed by atoms with Crippen molar-refractivity contribution in [2.24, 2.45) is 33.7 Å². The van der Waals surface area contributed by atoms with Crippen molar-refractivity contribution in [1.29, 1.82) is 0 Å². The Hall–Kier alpha value is -1.52. The Labute approximate surface area is 169 Å². The third kappa shape index (κ3) is 3.46. The molecule has 8 nitrogen and oxygen atoms in total. The maximum atomic E-state index is 11.5. The second kappa shape index (κ2) is 7.07.